The molecule has 104 valence electrons. The van der Waals surface area contributed by atoms with Crippen molar-refractivity contribution in [1.29, 1.82) is 0 Å². The third-order valence-corrected chi connectivity index (χ3v) is 4.85. The molecule has 0 heterocycles. The largest absolute Gasteiger partial charge is 0.497 e. The number of hydrogen-bond donors (Lipinski definition) is 2. The molecule has 0 bridgehead atoms. The fraction of sp³-hybridized carbons (Fsp3) is 0.533. The Labute approximate surface area is 119 Å². The zero-order valence-electron chi connectivity index (χ0n) is 11.1. The van der Waals surface area contributed by atoms with E-state index in [0.717, 1.165) is 30.6 Å². The minimum atomic E-state index is -0.726. The Balaban J connectivity index is 2.22. The van der Waals surface area contributed by atoms with E-state index in [9.17, 15) is 9.90 Å². The van der Waals surface area contributed by atoms with Gasteiger partial charge in [-0.25, -0.2) is 0 Å². The van der Waals surface area contributed by atoms with Crippen LogP contribution in [0.1, 0.15) is 31.2 Å². The second-order valence-corrected chi connectivity index (χ2v) is 5.87. The minimum Gasteiger partial charge on any atom is -0.497 e. The number of carboxylic acid groups (broad SMARTS) is 1. The van der Waals surface area contributed by atoms with Gasteiger partial charge in [0, 0.05) is 5.25 Å². The molecule has 1 saturated carbocycles. The normalized spacial score (nSPS) is 26.9. The summed E-state index contributed by atoms with van der Waals surface area (Å²) in [5.74, 6) is 0.0715. The lowest BCUT2D eigenvalue weighted by molar-refractivity contribution is -0.150. The first-order valence-electron chi connectivity index (χ1n) is 6.63. The lowest BCUT2D eigenvalue weighted by Crippen LogP contribution is -2.44. The molecule has 1 aromatic carbocycles. The van der Waals surface area contributed by atoms with Crippen LogP contribution in [0.2, 0.25) is 0 Å². The number of hydrogen-bond acceptors (Lipinski definition) is 3. The molecule has 0 aromatic heterocycles. The predicted molar refractivity (Wildman–Crippen MR) is 78.0 cm³/mol. The lowest BCUT2D eigenvalue weighted by Gasteiger charge is -2.38. The van der Waals surface area contributed by atoms with Crippen molar-refractivity contribution in [2.75, 3.05) is 7.11 Å². The van der Waals surface area contributed by atoms with Gasteiger partial charge in [0.2, 0.25) is 0 Å². The van der Waals surface area contributed by atoms with Crippen LogP contribution in [0.25, 0.3) is 0 Å². The predicted octanol–water partition coefficient (Wildman–Crippen LogP) is 3.18. The maximum Gasteiger partial charge on any atom is 0.311 e. The summed E-state index contributed by atoms with van der Waals surface area (Å²) >= 11 is 4.54. The Bertz CT molecular complexity index is 443. The third kappa shape index (κ3) is 2.89. The van der Waals surface area contributed by atoms with Crippen LogP contribution in [-0.4, -0.2) is 23.4 Å². The molecule has 3 nitrogen and oxygen atoms in total. The molecule has 1 aliphatic carbocycles. The number of ether oxygens (including phenoxy) is 1. The zero-order chi connectivity index (χ0) is 13.9. The van der Waals surface area contributed by atoms with Crippen molar-refractivity contribution in [2.45, 2.75) is 37.4 Å². The number of methoxy groups -OCH3 is 1. The Hall–Kier alpha value is -1.16. The van der Waals surface area contributed by atoms with E-state index in [2.05, 4.69) is 12.6 Å². The van der Waals surface area contributed by atoms with Gasteiger partial charge in [0.15, 0.2) is 0 Å². The van der Waals surface area contributed by atoms with Gasteiger partial charge in [-0.05, 0) is 37.0 Å². The first kappa shape index (κ1) is 14.3. The van der Waals surface area contributed by atoms with E-state index < -0.39 is 11.4 Å². The van der Waals surface area contributed by atoms with Gasteiger partial charge in [0.05, 0.1) is 12.5 Å². The van der Waals surface area contributed by atoms with Crippen LogP contribution in [0.15, 0.2) is 24.3 Å². The molecule has 0 saturated heterocycles. The number of thiol groups is 1. The van der Waals surface area contributed by atoms with Gasteiger partial charge < -0.3 is 9.84 Å². The highest BCUT2D eigenvalue weighted by Gasteiger charge is 2.45. The first-order valence-corrected chi connectivity index (χ1v) is 7.14. The molecular formula is C15H20O3S. The average molecular weight is 280 g/mol. The number of carbonyl (C=O) groups is 1. The van der Waals surface area contributed by atoms with E-state index in [1.165, 1.54) is 0 Å². The maximum absolute atomic E-state index is 11.7. The van der Waals surface area contributed by atoms with Crippen molar-refractivity contribution in [2.24, 2.45) is 5.41 Å². The molecule has 0 spiro atoms. The zero-order valence-corrected chi connectivity index (χ0v) is 12.0. The van der Waals surface area contributed by atoms with Crippen molar-refractivity contribution in [1.82, 2.24) is 0 Å². The topological polar surface area (TPSA) is 46.5 Å². The van der Waals surface area contributed by atoms with Crippen molar-refractivity contribution < 1.29 is 14.6 Å². The molecule has 0 aliphatic heterocycles. The van der Waals surface area contributed by atoms with Crippen molar-refractivity contribution in [3.05, 3.63) is 29.8 Å². The number of rotatable bonds is 4. The molecule has 1 N–H and O–H groups in total. The van der Waals surface area contributed by atoms with Crippen molar-refractivity contribution >= 4 is 18.6 Å². The summed E-state index contributed by atoms with van der Waals surface area (Å²) in [6.07, 6.45) is 4.18. The quantitative estimate of drug-likeness (QED) is 0.833. The van der Waals surface area contributed by atoms with E-state index in [1.807, 2.05) is 24.3 Å². The van der Waals surface area contributed by atoms with Crippen molar-refractivity contribution in [3.63, 3.8) is 0 Å². The molecule has 19 heavy (non-hydrogen) atoms. The van der Waals surface area contributed by atoms with Crippen LogP contribution < -0.4 is 4.74 Å². The van der Waals surface area contributed by atoms with Gasteiger partial charge in [-0.15, -0.1) is 0 Å². The van der Waals surface area contributed by atoms with E-state index in [1.54, 1.807) is 7.11 Å². The second kappa shape index (κ2) is 5.87. The molecule has 0 radical (unpaired) electrons. The van der Waals surface area contributed by atoms with E-state index in [-0.39, 0.29) is 5.25 Å². The Morgan fingerprint density at radius 3 is 2.63 bits per heavy atom. The van der Waals surface area contributed by atoms with Crippen LogP contribution in [0.3, 0.4) is 0 Å². The average Bonchev–Trinajstić information content (AvgIpc) is 2.42. The van der Waals surface area contributed by atoms with Gasteiger partial charge in [0.25, 0.3) is 0 Å². The fourth-order valence-electron chi connectivity index (χ4n) is 2.86. The van der Waals surface area contributed by atoms with Crippen LogP contribution in [0.4, 0.5) is 0 Å². The summed E-state index contributed by atoms with van der Waals surface area (Å²) in [4.78, 5) is 11.7. The molecular weight excluding hydrogens is 260 g/mol. The number of carboxylic acids is 1. The molecule has 2 unspecified atom stereocenters. The molecule has 1 aliphatic rings. The highest BCUT2D eigenvalue weighted by atomic mass is 32.1. The monoisotopic (exact) mass is 280 g/mol. The SMILES string of the molecule is COc1ccc(CC2(C(=O)O)CCCCC2S)cc1. The van der Waals surface area contributed by atoms with Crippen molar-refractivity contribution in [3.8, 4) is 5.75 Å². The molecule has 2 rings (SSSR count). The maximum atomic E-state index is 11.7. The second-order valence-electron chi connectivity index (χ2n) is 5.25. The highest BCUT2D eigenvalue weighted by Crippen LogP contribution is 2.42. The smallest absolute Gasteiger partial charge is 0.311 e. The summed E-state index contributed by atoms with van der Waals surface area (Å²) in [5.41, 5.74) is 0.305. The molecule has 0 amide bonds. The number of benzene rings is 1. The molecule has 1 aromatic rings. The summed E-state index contributed by atoms with van der Waals surface area (Å²) in [6.45, 7) is 0. The van der Waals surface area contributed by atoms with Crippen LogP contribution >= 0.6 is 12.6 Å². The summed E-state index contributed by atoms with van der Waals surface area (Å²) in [7, 11) is 1.62. The molecule has 4 heteroatoms. The van der Waals surface area contributed by atoms with E-state index in [0.29, 0.717) is 12.8 Å². The van der Waals surface area contributed by atoms with E-state index >= 15 is 0 Å². The van der Waals surface area contributed by atoms with Crippen LogP contribution in [0.5, 0.6) is 5.75 Å². The summed E-state index contributed by atoms with van der Waals surface area (Å²) < 4.78 is 5.12. The minimum absolute atomic E-state index is 0.0687. The van der Waals surface area contributed by atoms with Gasteiger partial charge in [-0.1, -0.05) is 25.0 Å². The van der Waals surface area contributed by atoms with Gasteiger partial charge in [-0.2, -0.15) is 12.6 Å². The highest BCUT2D eigenvalue weighted by molar-refractivity contribution is 7.81. The summed E-state index contributed by atoms with van der Waals surface area (Å²) in [6, 6.07) is 7.64. The van der Waals surface area contributed by atoms with Gasteiger partial charge in [0.1, 0.15) is 5.75 Å². The summed E-state index contributed by atoms with van der Waals surface area (Å²) in [5, 5.41) is 9.58. The number of aliphatic carboxylic acids is 1. The Morgan fingerprint density at radius 1 is 1.42 bits per heavy atom. The van der Waals surface area contributed by atoms with Crippen LogP contribution in [0, 0.1) is 5.41 Å². The lowest BCUT2D eigenvalue weighted by atomic mass is 9.70. The standard InChI is InChI=1S/C15H20O3S/c1-18-12-7-5-11(6-8-12)10-15(14(16)17)9-3-2-4-13(15)19/h5-8,13,19H,2-4,9-10H2,1H3,(H,16,17). The molecule has 1 fully saturated rings. The Kier molecular flexibility index (Phi) is 4.40. The van der Waals surface area contributed by atoms with Gasteiger partial charge in [-0.3, -0.25) is 4.79 Å². The van der Waals surface area contributed by atoms with E-state index in [4.69, 9.17) is 4.74 Å². The third-order valence-electron chi connectivity index (χ3n) is 4.09. The molecule has 2 atom stereocenters. The van der Waals surface area contributed by atoms with Crippen LogP contribution in [-0.2, 0) is 11.2 Å². The first-order chi connectivity index (χ1) is 9.08. The van der Waals surface area contributed by atoms with Gasteiger partial charge >= 0.3 is 5.97 Å². The fourth-order valence-corrected chi connectivity index (χ4v) is 3.37. The Morgan fingerprint density at radius 2 is 2.11 bits per heavy atom.